The zero-order chi connectivity index (χ0) is 24.0. The van der Waals surface area contributed by atoms with Gasteiger partial charge in [-0.05, 0) is 18.2 Å². The first-order chi connectivity index (χ1) is 16.5. The van der Waals surface area contributed by atoms with E-state index in [0.29, 0.717) is 52.5 Å². The third-order valence-electron chi connectivity index (χ3n) is 6.06. The number of hydrogen-bond donors (Lipinski definition) is 1. The van der Waals surface area contributed by atoms with E-state index >= 15 is 0 Å². The average Bonchev–Trinajstić information content (AvgIpc) is 2.88. The molecule has 34 heavy (non-hydrogen) atoms. The lowest BCUT2D eigenvalue weighted by molar-refractivity contribution is -0.122. The van der Waals surface area contributed by atoms with Gasteiger partial charge in [-0.25, -0.2) is 13.4 Å². The minimum Gasteiger partial charge on any atom is -0.496 e. The number of amides is 1. The average molecular weight is 490 g/mol. The van der Waals surface area contributed by atoms with Crippen molar-refractivity contribution in [2.24, 2.45) is 0 Å². The highest BCUT2D eigenvalue weighted by atomic mass is 32.2. The lowest BCUT2D eigenvalue weighted by atomic mass is 10.2. The van der Waals surface area contributed by atoms with Crippen molar-refractivity contribution < 1.29 is 22.7 Å². The molecule has 2 aliphatic heterocycles. The van der Waals surface area contributed by atoms with Crippen LogP contribution < -0.4 is 15.0 Å². The molecule has 0 aliphatic carbocycles. The molecule has 1 amide bonds. The Balaban J connectivity index is 1.25. The van der Waals surface area contributed by atoms with Crippen molar-refractivity contribution in [2.75, 3.05) is 71.0 Å². The van der Waals surface area contributed by atoms with E-state index in [4.69, 9.17) is 9.47 Å². The number of ether oxygens (including phenoxy) is 2. The minimum atomic E-state index is -3.55. The van der Waals surface area contributed by atoms with Gasteiger partial charge in [0, 0.05) is 57.6 Å². The van der Waals surface area contributed by atoms with Crippen LogP contribution in [-0.2, 0) is 26.1 Å². The number of carbonyl (C=O) groups excluding carboxylic acids is 1. The number of para-hydroxylation sites is 1. The number of sulfonamides is 1. The van der Waals surface area contributed by atoms with Crippen molar-refractivity contribution in [1.29, 1.82) is 0 Å². The third-order valence-corrected chi connectivity index (χ3v) is 7.94. The second-order valence-electron chi connectivity index (χ2n) is 8.22. The van der Waals surface area contributed by atoms with E-state index in [1.54, 1.807) is 19.2 Å². The Morgan fingerprint density at radius 2 is 1.79 bits per heavy atom. The van der Waals surface area contributed by atoms with Crippen LogP contribution >= 0.6 is 0 Å². The largest absolute Gasteiger partial charge is 0.496 e. The van der Waals surface area contributed by atoms with Gasteiger partial charge in [-0.2, -0.15) is 4.31 Å². The van der Waals surface area contributed by atoms with Crippen LogP contribution in [0.2, 0.25) is 0 Å². The quantitative estimate of drug-likeness (QED) is 0.573. The minimum absolute atomic E-state index is 0.0323. The second-order valence-corrected chi connectivity index (χ2v) is 10.2. The molecule has 2 saturated heterocycles. The number of anilines is 1. The number of piperazine rings is 1. The summed E-state index contributed by atoms with van der Waals surface area (Å²) >= 11 is 0. The van der Waals surface area contributed by atoms with E-state index in [1.165, 1.54) is 10.5 Å². The van der Waals surface area contributed by atoms with Crippen molar-refractivity contribution in [3.05, 3.63) is 48.2 Å². The number of nitrogens with zero attached hydrogens (tertiary/aromatic N) is 4. The monoisotopic (exact) mass is 489 g/mol. The number of pyridine rings is 1. The van der Waals surface area contributed by atoms with E-state index in [1.807, 2.05) is 24.3 Å². The number of rotatable bonds is 8. The summed E-state index contributed by atoms with van der Waals surface area (Å²) < 4.78 is 37.5. The van der Waals surface area contributed by atoms with Gasteiger partial charge >= 0.3 is 0 Å². The highest BCUT2D eigenvalue weighted by Gasteiger charge is 2.27. The first kappa shape index (κ1) is 24.4. The molecular formula is C23H31N5O5S. The third kappa shape index (κ3) is 5.84. The van der Waals surface area contributed by atoms with Gasteiger partial charge in [0.25, 0.3) is 0 Å². The van der Waals surface area contributed by atoms with Crippen LogP contribution in [0.4, 0.5) is 5.82 Å². The Bertz CT molecular complexity index is 1070. The molecule has 1 aromatic carbocycles. The van der Waals surface area contributed by atoms with Crippen LogP contribution in [0.25, 0.3) is 0 Å². The van der Waals surface area contributed by atoms with Crippen molar-refractivity contribution in [3.8, 4) is 5.75 Å². The molecule has 10 nitrogen and oxygen atoms in total. The summed E-state index contributed by atoms with van der Waals surface area (Å²) in [6, 6.07) is 11.0. The lowest BCUT2D eigenvalue weighted by Crippen LogP contribution is -2.49. The number of benzene rings is 1. The number of nitrogens with one attached hydrogen (secondary N) is 1. The van der Waals surface area contributed by atoms with Gasteiger partial charge in [-0.3, -0.25) is 9.69 Å². The maximum absolute atomic E-state index is 12.8. The summed E-state index contributed by atoms with van der Waals surface area (Å²) in [5.41, 5.74) is 0.938. The van der Waals surface area contributed by atoms with Crippen LogP contribution in [0.1, 0.15) is 5.56 Å². The topological polar surface area (TPSA) is 104 Å². The number of aromatic nitrogens is 1. The number of morpholine rings is 1. The highest BCUT2D eigenvalue weighted by Crippen LogP contribution is 2.20. The van der Waals surface area contributed by atoms with Crippen molar-refractivity contribution in [3.63, 3.8) is 0 Å². The molecule has 0 unspecified atom stereocenters. The van der Waals surface area contributed by atoms with Crippen LogP contribution in [-0.4, -0.2) is 94.7 Å². The first-order valence-electron chi connectivity index (χ1n) is 11.4. The molecule has 0 spiro atoms. The van der Waals surface area contributed by atoms with Gasteiger partial charge in [0.15, 0.2) is 0 Å². The van der Waals surface area contributed by atoms with Gasteiger partial charge in [0.2, 0.25) is 15.9 Å². The summed E-state index contributed by atoms with van der Waals surface area (Å²) in [6.07, 6.45) is 1.43. The Hall–Kier alpha value is -2.73. The molecule has 1 aromatic heterocycles. The molecule has 1 N–H and O–H groups in total. The second kappa shape index (κ2) is 11.1. The summed E-state index contributed by atoms with van der Waals surface area (Å²) in [7, 11) is -1.93. The Labute approximate surface area is 200 Å². The summed E-state index contributed by atoms with van der Waals surface area (Å²) in [5, 5.41) is 2.96. The van der Waals surface area contributed by atoms with Crippen LogP contribution in [0.3, 0.4) is 0 Å². The molecular weight excluding hydrogens is 458 g/mol. The molecule has 0 radical (unpaired) electrons. The normalized spacial score (nSPS) is 18.0. The van der Waals surface area contributed by atoms with E-state index in [2.05, 4.69) is 20.1 Å². The fourth-order valence-electron chi connectivity index (χ4n) is 4.09. The van der Waals surface area contributed by atoms with Gasteiger partial charge in [0.1, 0.15) is 16.5 Å². The Morgan fingerprint density at radius 3 is 2.47 bits per heavy atom. The molecule has 3 heterocycles. The highest BCUT2D eigenvalue weighted by molar-refractivity contribution is 7.89. The lowest BCUT2D eigenvalue weighted by Gasteiger charge is -2.35. The first-order valence-corrected chi connectivity index (χ1v) is 12.8. The maximum atomic E-state index is 12.8. The summed E-state index contributed by atoms with van der Waals surface area (Å²) in [4.78, 5) is 21.2. The zero-order valence-electron chi connectivity index (χ0n) is 19.4. The summed E-state index contributed by atoms with van der Waals surface area (Å²) in [6.45, 7) is 5.15. The van der Waals surface area contributed by atoms with Crippen molar-refractivity contribution in [1.82, 2.24) is 19.5 Å². The molecule has 0 bridgehead atoms. The standard InChI is InChI=1S/C23H31N5O5S/c1-32-21-5-3-2-4-19(21)16-25-23(29)18-26-8-10-27(11-9-26)22-7-6-20(17-24-22)34(30,31)28-12-14-33-15-13-28/h2-7,17H,8-16,18H2,1H3,(H,25,29). The maximum Gasteiger partial charge on any atom is 0.244 e. The Kier molecular flexibility index (Phi) is 7.99. The molecule has 2 aromatic rings. The molecule has 0 atom stereocenters. The number of methoxy groups -OCH3 is 1. The van der Waals surface area contributed by atoms with Crippen molar-refractivity contribution in [2.45, 2.75) is 11.4 Å². The van der Waals surface area contributed by atoms with Crippen molar-refractivity contribution >= 4 is 21.7 Å². The number of hydrogen-bond acceptors (Lipinski definition) is 8. The van der Waals surface area contributed by atoms with E-state index in [0.717, 1.165) is 30.2 Å². The molecule has 2 fully saturated rings. The van der Waals surface area contributed by atoms with E-state index < -0.39 is 10.0 Å². The van der Waals surface area contributed by atoms with Crippen LogP contribution in [0.15, 0.2) is 47.5 Å². The van der Waals surface area contributed by atoms with Crippen LogP contribution in [0, 0.1) is 0 Å². The summed E-state index contributed by atoms with van der Waals surface area (Å²) in [5.74, 6) is 1.46. The van der Waals surface area contributed by atoms with Gasteiger partial charge in [-0.15, -0.1) is 0 Å². The predicted molar refractivity (Wildman–Crippen MR) is 127 cm³/mol. The van der Waals surface area contributed by atoms with E-state index in [9.17, 15) is 13.2 Å². The van der Waals surface area contributed by atoms with Gasteiger partial charge in [-0.1, -0.05) is 18.2 Å². The van der Waals surface area contributed by atoms with Gasteiger partial charge < -0.3 is 19.7 Å². The van der Waals surface area contributed by atoms with E-state index in [-0.39, 0.29) is 10.8 Å². The zero-order valence-corrected chi connectivity index (χ0v) is 20.2. The Morgan fingerprint density at radius 1 is 1.06 bits per heavy atom. The van der Waals surface area contributed by atoms with Crippen LogP contribution in [0.5, 0.6) is 5.75 Å². The fourth-order valence-corrected chi connectivity index (χ4v) is 5.44. The molecule has 11 heteroatoms. The fraction of sp³-hybridized carbons (Fsp3) is 0.478. The molecule has 2 aliphatic rings. The molecule has 184 valence electrons. The predicted octanol–water partition coefficient (Wildman–Crippen LogP) is 0.550. The number of carbonyl (C=O) groups is 1. The molecule has 0 saturated carbocycles. The molecule has 4 rings (SSSR count). The smallest absolute Gasteiger partial charge is 0.244 e. The van der Waals surface area contributed by atoms with Gasteiger partial charge in [0.05, 0.1) is 26.9 Å². The SMILES string of the molecule is COc1ccccc1CNC(=O)CN1CCN(c2ccc(S(=O)(=O)N3CCOCC3)cn2)CC1.